The Hall–Kier alpha value is -1.63. The first kappa shape index (κ1) is 12.4. The molecule has 0 spiro atoms. The molecule has 7 nitrogen and oxygen atoms in total. The molecule has 1 heterocycles. The molecule has 0 saturated carbocycles. The number of carboxylic acid groups (broad SMARTS) is 1. The molecule has 90 valence electrons. The SMILES string of the molecule is NC(=O)CN(CC(=O)O)C(=O)[C@H]1CCCO1. The van der Waals surface area contributed by atoms with Crippen LogP contribution in [0.4, 0.5) is 0 Å². The van der Waals surface area contributed by atoms with Crippen molar-refractivity contribution in [2.45, 2.75) is 18.9 Å². The number of aliphatic carboxylic acids is 1. The quantitative estimate of drug-likeness (QED) is 0.601. The number of hydrogen-bond acceptors (Lipinski definition) is 4. The van der Waals surface area contributed by atoms with Crippen molar-refractivity contribution in [3.63, 3.8) is 0 Å². The summed E-state index contributed by atoms with van der Waals surface area (Å²) in [4.78, 5) is 33.9. The monoisotopic (exact) mass is 230 g/mol. The molecule has 0 aromatic rings. The Kier molecular flexibility index (Phi) is 4.24. The summed E-state index contributed by atoms with van der Waals surface area (Å²) in [5, 5.41) is 8.60. The van der Waals surface area contributed by atoms with Crippen LogP contribution in [0.5, 0.6) is 0 Å². The lowest BCUT2D eigenvalue weighted by atomic mass is 10.2. The molecule has 0 bridgehead atoms. The summed E-state index contributed by atoms with van der Waals surface area (Å²) in [6.07, 6.45) is 0.667. The fraction of sp³-hybridized carbons (Fsp3) is 0.667. The third kappa shape index (κ3) is 3.50. The maximum Gasteiger partial charge on any atom is 0.323 e. The molecule has 0 aromatic carbocycles. The Morgan fingerprint density at radius 3 is 2.50 bits per heavy atom. The predicted octanol–water partition coefficient (Wildman–Crippen LogP) is -1.44. The summed E-state index contributed by atoms with van der Waals surface area (Å²) in [7, 11) is 0. The van der Waals surface area contributed by atoms with E-state index < -0.39 is 37.0 Å². The van der Waals surface area contributed by atoms with Crippen LogP contribution in [0.1, 0.15) is 12.8 Å². The summed E-state index contributed by atoms with van der Waals surface area (Å²) >= 11 is 0. The van der Waals surface area contributed by atoms with Crippen molar-refractivity contribution in [1.29, 1.82) is 0 Å². The molecule has 1 atom stereocenters. The number of nitrogens with zero attached hydrogens (tertiary/aromatic N) is 1. The van der Waals surface area contributed by atoms with Gasteiger partial charge in [-0.05, 0) is 12.8 Å². The van der Waals surface area contributed by atoms with Crippen LogP contribution in [0.25, 0.3) is 0 Å². The fourth-order valence-electron chi connectivity index (χ4n) is 1.54. The molecule has 0 radical (unpaired) electrons. The van der Waals surface area contributed by atoms with E-state index in [-0.39, 0.29) is 0 Å². The standard InChI is InChI=1S/C9H14N2O5/c10-7(12)4-11(5-8(13)14)9(15)6-2-1-3-16-6/h6H,1-5H2,(H2,10,12)(H,13,14)/t6-/m1/s1. The average Bonchev–Trinajstić information content (AvgIpc) is 2.66. The van der Waals surface area contributed by atoms with Crippen LogP contribution in [-0.4, -0.2) is 53.6 Å². The van der Waals surface area contributed by atoms with Gasteiger partial charge >= 0.3 is 5.97 Å². The smallest absolute Gasteiger partial charge is 0.323 e. The normalized spacial score (nSPS) is 19.4. The highest BCUT2D eigenvalue weighted by Crippen LogP contribution is 2.14. The lowest BCUT2D eigenvalue weighted by Gasteiger charge is -2.21. The van der Waals surface area contributed by atoms with Gasteiger partial charge in [-0.3, -0.25) is 14.4 Å². The maximum atomic E-state index is 11.7. The topological polar surface area (TPSA) is 110 Å². The molecule has 7 heteroatoms. The van der Waals surface area contributed by atoms with Gasteiger partial charge in [0, 0.05) is 6.61 Å². The van der Waals surface area contributed by atoms with Crippen molar-refractivity contribution in [2.24, 2.45) is 5.73 Å². The van der Waals surface area contributed by atoms with E-state index in [9.17, 15) is 14.4 Å². The van der Waals surface area contributed by atoms with Gasteiger partial charge in [0.05, 0.1) is 0 Å². The highest BCUT2D eigenvalue weighted by Gasteiger charge is 2.29. The summed E-state index contributed by atoms with van der Waals surface area (Å²) in [6.45, 7) is -0.458. The van der Waals surface area contributed by atoms with Crippen molar-refractivity contribution in [3.8, 4) is 0 Å². The van der Waals surface area contributed by atoms with Gasteiger partial charge in [0.15, 0.2) is 0 Å². The van der Waals surface area contributed by atoms with E-state index in [2.05, 4.69) is 0 Å². The lowest BCUT2D eigenvalue weighted by molar-refractivity contribution is -0.150. The van der Waals surface area contributed by atoms with Gasteiger partial charge in [-0.1, -0.05) is 0 Å². The number of rotatable bonds is 5. The molecular weight excluding hydrogens is 216 g/mol. The second kappa shape index (κ2) is 5.45. The lowest BCUT2D eigenvalue weighted by Crippen LogP contribution is -2.46. The van der Waals surface area contributed by atoms with Gasteiger partial charge < -0.3 is 20.5 Å². The first-order valence-electron chi connectivity index (χ1n) is 4.91. The van der Waals surface area contributed by atoms with E-state index in [1.165, 1.54) is 0 Å². The number of nitrogens with two attached hydrogens (primary N) is 1. The summed E-state index contributed by atoms with van der Waals surface area (Å²) in [6, 6.07) is 0. The molecule has 0 aliphatic carbocycles. The summed E-state index contributed by atoms with van der Waals surface area (Å²) in [5.41, 5.74) is 4.94. The predicted molar refractivity (Wildman–Crippen MR) is 52.4 cm³/mol. The Balaban J connectivity index is 2.62. The van der Waals surface area contributed by atoms with Crippen molar-refractivity contribution in [3.05, 3.63) is 0 Å². The molecule has 1 aliphatic heterocycles. The number of carbonyl (C=O) groups excluding carboxylic acids is 2. The Labute approximate surface area is 92.1 Å². The zero-order chi connectivity index (χ0) is 12.1. The number of hydrogen-bond donors (Lipinski definition) is 2. The molecule has 2 amide bonds. The molecule has 1 saturated heterocycles. The van der Waals surface area contributed by atoms with Gasteiger partial charge in [0.1, 0.15) is 19.2 Å². The molecule has 3 N–H and O–H groups in total. The first-order chi connectivity index (χ1) is 7.50. The van der Waals surface area contributed by atoms with E-state index in [1.807, 2.05) is 0 Å². The molecule has 1 aliphatic rings. The molecule has 0 aromatic heterocycles. The van der Waals surface area contributed by atoms with Crippen LogP contribution < -0.4 is 5.73 Å². The van der Waals surface area contributed by atoms with E-state index in [4.69, 9.17) is 15.6 Å². The van der Waals surface area contributed by atoms with E-state index in [0.717, 1.165) is 11.3 Å². The highest BCUT2D eigenvalue weighted by atomic mass is 16.5. The van der Waals surface area contributed by atoms with Crippen molar-refractivity contribution in [2.75, 3.05) is 19.7 Å². The number of amides is 2. The van der Waals surface area contributed by atoms with Crippen LogP contribution >= 0.6 is 0 Å². The zero-order valence-corrected chi connectivity index (χ0v) is 8.72. The van der Waals surface area contributed by atoms with Crippen molar-refractivity contribution < 1.29 is 24.2 Å². The Bertz CT molecular complexity index is 282. The Morgan fingerprint density at radius 1 is 1.38 bits per heavy atom. The van der Waals surface area contributed by atoms with Crippen LogP contribution in [0.3, 0.4) is 0 Å². The van der Waals surface area contributed by atoms with Crippen molar-refractivity contribution in [1.82, 2.24) is 4.90 Å². The highest BCUT2D eigenvalue weighted by molar-refractivity contribution is 5.89. The minimum Gasteiger partial charge on any atom is -0.480 e. The fourth-order valence-corrected chi connectivity index (χ4v) is 1.54. The third-order valence-corrected chi connectivity index (χ3v) is 2.19. The average molecular weight is 230 g/mol. The molecule has 16 heavy (non-hydrogen) atoms. The van der Waals surface area contributed by atoms with Gasteiger partial charge in [0.2, 0.25) is 5.91 Å². The van der Waals surface area contributed by atoms with Crippen LogP contribution in [0, 0.1) is 0 Å². The van der Waals surface area contributed by atoms with Crippen LogP contribution in [0.2, 0.25) is 0 Å². The van der Waals surface area contributed by atoms with E-state index in [0.29, 0.717) is 13.0 Å². The Morgan fingerprint density at radius 2 is 2.06 bits per heavy atom. The molecule has 1 fully saturated rings. The zero-order valence-electron chi connectivity index (χ0n) is 8.72. The number of ether oxygens (including phenoxy) is 1. The second-order valence-electron chi connectivity index (χ2n) is 3.56. The van der Waals surface area contributed by atoms with E-state index >= 15 is 0 Å². The molecular formula is C9H14N2O5. The minimum absolute atomic E-state index is 0.398. The largest absolute Gasteiger partial charge is 0.480 e. The van der Waals surface area contributed by atoms with E-state index in [1.54, 1.807) is 0 Å². The molecule has 0 unspecified atom stereocenters. The second-order valence-corrected chi connectivity index (χ2v) is 3.56. The van der Waals surface area contributed by atoms with Gasteiger partial charge in [-0.2, -0.15) is 0 Å². The third-order valence-electron chi connectivity index (χ3n) is 2.19. The maximum absolute atomic E-state index is 11.7. The first-order valence-corrected chi connectivity index (χ1v) is 4.91. The van der Waals surface area contributed by atoms with Crippen molar-refractivity contribution >= 4 is 17.8 Å². The van der Waals surface area contributed by atoms with Gasteiger partial charge in [0.25, 0.3) is 5.91 Å². The molecule has 1 rings (SSSR count). The van der Waals surface area contributed by atoms with Gasteiger partial charge in [-0.25, -0.2) is 0 Å². The van der Waals surface area contributed by atoms with Crippen LogP contribution in [0.15, 0.2) is 0 Å². The minimum atomic E-state index is -1.19. The summed E-state index contributed by atoms with van der Waals surface area (Å²) < 4.78 is 5.12. The number of primary amides is 1. The summed E-state index contributed by atoms with van der Waals surface area (Å²) in [5.74, 6) is -2.42. The number of carbonyl (C=O) groups is 3. The van der Waals surface area contributed by atoms with Gasteiger partial charge in [-0.15, -0.1) is 0 Å². The van der Waals surface area contributed by atoms with Crippen LogP contribution in [-0.2, 0) is 19.1 Å². The number of carboxylic acids is 1.